The Bertz CT molecular complexity index is 754. The van der Waals surface area contributed by atoms with Crippen LogP contribution in [0.15, 0.2) is 37.0 Å². The van der Waals surface area contributed by atoms with Crippen molar-refractivity contribution in [1.82, 2.24) is 15.0 Å². The summed E-state index contributed by atoms with van der Waals surface area (Å²) in [5, 5.41) is 29.4. The molecule has 0 saturated heterocycles. The van der Waals surface area contributed by atoms with Crippen LogP contribution in [0.1, 0.15) is 20.8 Å². The second-order valence-electron chi connectivity index (χ2n) is 6.89. The molecule has 3 N–H and O–H groups in total. The molecule has 0 unspecified atom stereocenters. The van der Waals surface area contributed by atoms with Gasteiger partial charge in [-0.15, -0.1) is 0 Å². The van der Waals surface area contributed by atoms with E-state index in [1.54, 1.807) is 9.80 Å². The maximum absolute atomic E-state index is 9.80. The molecule has 0 bridgehead atoms. The number of rotatable bonds is 18. The lowest BCUT2D eigenvalue weighted by Gasteiger charge is -2.28. The quantitative estimate of drug-likeness (QED) is 0.216. The van der Waals surface area contributed by atoms with Gasteiger partial charge in [0.05, 0.1) is 19.6 Å². The van der Waals surface area contributed by atoms with Crippen molar-refractivity contribution >= 4 is 17.8 Å². The molecule has 1 heterocycles. The van der Waals surface area contributed by atoms with E-state index in [0.717, 1.165) is 0 Å². The maximum atomic E-state index is 9.80. The van der Waals surface area contributed by atoms with E-state index >= 15 is 0 Å². The van der Waals surface area contributed by atoms with Crippen LogP contribution in [0.3, 0.4) is 0 Å². The van der Waals surface area contributed by atoms with Crippen molar-refractivity contribution in [3.63, 3.8) is 0 Å². The monoisotopic (exact) mass is 468 g/mol. The van der Waals surface area contributed by atoms with Crippen molar-refractivity contribution in [2.75, 3.05) is 74.3 Å². The van der Waals surface area contributed by atoms with Crippen LogP contribution < -0.4 is 14.7 Å². The Balaban J connectivity index is 3.58. The SMILES string of the molecule is C=C(O)CN(COCC)c1nc(N(COCC)COCC)nc(N(CC(=C)O)CC(=C)O)n1. The van der Waals surface area contributed by atoms with Crippen molar-refractivity contribution in [2.45, 2.75) is 20.8 Å². The lowest BCUT2D eigenvalue weighted by Crippen LogP contribution is -2.36. The van der Waals surface area contributed by atoms with Gasteiger partial charge in [0.15, 0.2) is 0 Å². The molecule has 0 fully saturated rings. The summed E-state index contributed by atoms with van der Waals surface area (Å²) in [5.74, 6) is 0.101. The Hall–Kier alpha value is -3.09. The number of aromatic nitrogens is 3. The fourth-order valence-electron chi connectivity index (χ4n) is 2.56. The van der Waals surface area contributed by atoms with Gasteiger partial charge in [-0.25, -0.2) is 0 Å². The van der Waals surface area contributed by atoms with E-state index in [0.29, 0.717) is 19.8 Å². The maximum Gasteiger partial charge on any atom is 0.235 e. The molecule has 0 aliphatic rings. The van der Waals surface area contributed by atoms with Gasteiger partial charge in [-0.05, 0) is 20.8 Å². The molecule has 12 heteroatoms. The predicted octanol–water partition coefficient (Wildman–Crippen LogP) is 2.49. The lowest BCUT2D eigenvalue weighted by atomic mass is 10.4. The van der Waals surface area contributed by atoms with Crippen LogP contribution in [0.25, 0.3) is 0 Å². The first-order valence-electron chi connectivity index (χ1n) is 10.6. The zero-order valence-corrected chi connectivity index (χ0v) is 19.7. The number of ether oxygens (including phenoxy) is 3. The Labute approximate surface area is 195 Å². The van der Waals surface area contributed by atoms with Crippen LogP contribution in [0.5, 0.6) is 0 Å². The van der Waals surface area contributed by atoms with Crippen molar-refractivity contribution in [1.29, 1.82) is 0 Å². The number of nitrogens with zero attached hydrogens (tertiary/aromatic N) is 6. The Morgan fingerprint density at radius 1 is 0.606 bits per heavy atom. The molecule has 33 heavy (non-hydrogen) atoms. The van der Waals surface area contributed by atoms with Crippen LogP contribution in [0.2, 0.25) is 0 Å². The molecule has 0 atom stereocenters. The minimum absolute atomic E-state index is 0.0131. The largest absolute Gasteiger partial charge is 0.511 e. The first-order valence-corrected chi connectivity index (χ1v) is 10.6. The van der Waals surface area contributed by atoms with Gasteiger partial charge in [0, 0.05) is 19.8 Å². The van der Waals surface area contributed by atoms with Crippen LogP contribution in [0, 0.1) is 0 Å². The second kappa shape index (κ2) is 14.9. The predicted molar refractivity (Wildman–Crippen MR) is 127 cm³/mol. The molecule has 0 aromatic carbocycles. The third-order valence-corrected chi connectivity index (χ3v) is 3.92. The zero-order chi connectivity index (χ0) is 24.8. The van der Waals surface area contributed by atoms with E-state index < -0.39 is 0 Å². The number of aliphatic hydroxyl groups is 3. The van der Waals surface area contributed by atoms with E-state index in [2.05, 4.69) is 34.7 Å². The molecule has 12 nitrogen and oxygen atoms in total. The van der Waals surface area contributed by atoms with Crippen LogP contribution in [-0.2, 0) is 14.2 Å². The second-order valence-corrected chi connectivity index (χ2v) is 6.89. The fourth-order valence-corrected chi connectivity index (χ4v) is 2.56. The average Bonchev–Trinajstić information content (AvgIpc) is 2.75. The third-order valence-electron chi connectivity index (χ3n) is 3.92. The minimum atomic E-state index is -0.157. The van der Waals surface area contributed by atoms with Gasteiger partial charge >= 0.3 is 0 Å². The summed E-state index contributed by atoms with van der Waals surface area (Å²) in [6.45, 7) is 17.8. The molecule has 0 amide bonds. The van der Waals surface area contributed by atoms with E-state index in [9.17, 15) is 15.3 Å². The van der Waals surface area contributed by atoms with Gasteiger partial charge in [0.2, 0.25) is 17.8 Å². The van der Waals surface area contributed by atoms with E-state index in [1.165, 1.54) is 4.90 Å². The summed E-state index contributed by atoms with van der Waals surface area (Å²) in [7, 11) is 0. The summed E-state index contributed by atoms with van der Waals surface area (Å²) in [5.41, 5.74) is 0. The van der Waals surface area contributed by atoms with Crippen LogP contribution in [-0.4, -0.2) is 89.9 Å². The molecule has 1 aromatic heterocycles. The molecule has 0 aliphatic carbocycles. The topological polar surface area (TPSA) is 137 Å². The fraction of sp³-hybridized carbons (Fsp3) is 0.571. The summed E-state index contributed by atoms with van der Waals surface area (Å²) >= 11 is 0. The number of hydrogen-bond donors (Lipinski definition) is 3. The standard InChI is InChI=1S/C21H36N6O6/c1-7-31-13-26(12-18(6)30)20-22-19(25(10-16(4)28)11-17(5)29)23-21(24-20)27(14-32-8-2)15-33-9-3/h28-30H,4-15H2,1-3H3. The molecule has 1 aromatic rings. The number of hydrogen-bond acceptors (Lipinski definition) is 12. The van der Waals surface area contributed by atoms with E-state index in [4.69, 9.17) is 14.2 Å². The highest BCUT2D eigenvalue weighted by Gasteiger charge is 2.22. The molecule has 1 rings (SSSR count). The van der Waals surface area contributed by atoms with E-state index in [-0.39, 0.29) is 74.9 Å². The normalized spacial score (nSPS) is 10.6. The first kappa shape index (κ1) is 27.9. The van der Waals surface area contributed by atoms with Gasteiger partial charge in [-0.1, -0.05) is 19.7 Å². The van der Waals surface area contributed by atoms with Gasteiger partial charge in [0.1, 0.15) is 37.5 Å². The van der Waals surface area contributed by atoms with Crippen LogP contribution >= 0.6 is 0 Å². The summed E-state index contributed by atoms with van der Waals surface area (Å²) < 4.78 is 16.6. The Morgan fingerprint density at radius 3 is 1.27 bits per heavy atom. The third kappa shape index (κ3) is 10.4. The summed E-state index contributed by atoms with van der Waals surface area (Å²) in [6, 6.07) is 0. The van der Waals surface area contributed by atoms with Gasteiger partial charge in [-0.2, -0.15) is 15.0 Å². The van der Waals surface area contributed by atoms with Gasteiger partial charge in [0.25, 0.3) is 0 Å². The number of anilines is 3. The van der Waals surface area contributed by atoms with Crippen molar-refractivity contribution in [2.24, 2.45) is 0 Å². The highest BCUT2D eigenvalue weighted by molar-refractivity contribution is 5.47. The van der Waals surface area contributed by atoms with Gasteiger partial charge < -0.3 is 39.3 Å². The average molecular weight is 469 g/mol. The smallest absolute Gasteiger partial charge is 0.235 e. The molecule has 186 valence electrons. The molecule has 0 radical (unpaired) electrons. The minimum Gasteiger partial charge on any atom is -0.511 e. The first-order chi connectivity index (χ1) is 15.7. The highest BCUT2D eigenvalue weighted by Crippen LogP contribution is 2.21. The lowest BCUT2D eigenvalue weighted by molar-refractivity contribution is 0.0945. The van der Waals surface area contributed by atoms with Crippen molar-refractivity contribution < 1.29 is 29.5 Å². The summed E-state index contributed by atoms with van der Waals surface area (Å²) in [6.07, 6.45) is 0. The Morgan fingerprint density at radius 2 is 0.909 bits per heavy atom. The zero-order valence-electron chi connectivity index (χ0n) is 19.7. The Kier molecular flexibility index (Phi) is 12.6. The van der Waals surface area contributed by atoms with E-state index in [1.807, 2.05) is 20.8 Å². The molecule has 0 spiro atoms. The molecular formula is C21H36N6O6. The van der Waals surface area contributed by atoms with Gasteiger partial charge in [-0.3, -0.25) is 4.90 Å². The number of aliphatic hydroxyl groups excluding tert-OH is 3. The molecular weight excluding hydrogens is 432 g/mol. The van der Waals surface area contributed by atoms with Crippen molar-refractivity contribution in [3.05, 3.63) is 37.0 Å². The van der Waals surface area contributed by atoms with Crippen LogP contribution in [0.4, 0.5) is 17.8 Å². The van der Waals surface area contributed by atoms with Crippen molar-refractivity contribution in [3.8, 4) is 0 Å². The highest BCUT2D eigenvalue weighted by atomic mass is 16.5. The summed E-state index contributed by atoms with van der Waals surface area (Å²) in [4.78, 5) is 18.2. The molecule has 0 aliphatic heterocycles. The molecule has 0 saturated carbocycles.